The number of amides is 2. The van der Waals surface area contributed by atoms with Crippen molar-refractivity contribution in [1.29, 1.82) is 5.26 Å². The Balaban J connectivity index is 1.62. The molecular weight excluding hydrogens is 376 g/mol. The van der Waals surface area contributed by atoms with Gasteiger partial charge in [-0.3, -0.25) is 9.59 Å². The van der Waals surface area contributed by atoms with Crippen LogP contribution in [0.2, 0.25) is 0 Å². The summed E-state index contributed by atoms with van der Waals surface area (Å²) in [6, 6.07) is 15.1. The number of nitriles is 1. The summed E-state index contributed by atoms with van der Waals surface area (Å²) in [4.78, 5) is 23.5. The lowest BCUT2D eigenvalue weighted by Crippen LogP contribution is -2.19. The molecule has 1 unspecified atom stereocenters. The van der Waals surface area contributed by atoms with Crippen LogP contribution in [-0.4, -0.2) is 11.8 Å². The number of carbonyl (C=O) groups is 2. The van der Waals surface area contributed by atoms with E-state index in [1.165, 1.54) is 37.1 Å². The van der Waals surface area contributed by atoms with Crippen molar-refractivity contribution in [2.45, 2.75) is 45.6 Å². The second-order valence-corrected chi connectivity index (χ2v) is 7.51. The Morgan fingerprint density at radius 2 is 1.63 bits per heavy atom. The molecule has 30 heavy (non-hydrogen) atoms. The summed E-state index contributed by atoms with van der Waals surface area (Å²) in [5, 5.41) is 17.9. The van der Waals surface area contributed by atoms with E-state index in [4.69, 9.17) is 0 Å². The van der Waals surface area contributed by atoms with Gasteiger partial charge in [0, 0.05) is 30.5 Å². The zero-order chi connectivity index (χ0) is 21.5. The zero-order valence-electron chi connectivity index (χ0n) is 17.3. The minimum absolute atomic E-state index is 0.00857. The van der Waals surface area contributed by atoms with Crippen LogP contribution in [0, 0.1) is 11.3 Å². The van der Waals surface area contributed by atoms with Crippen LogP contribution in [0.3, 0.4) is 0 Å². The maximum absolute atomic E-state index is 12.4. The van der Waals surface area contributed by atoms with Crippen molar-refractivity contribution in [3.63, 3.8) is 0 Å². The first-order chi connectivity index (χ1) is 14.5. The first-order valence-electron chi connectivity index (χ1n) is 10.1. The van der Waals surface area contributed by atoms with Gasteiger partial charge in [0.1, 0.15) is 11.6 Å². The van der Waals surface area contributed by atoms with E-state index in [1.807, 2.05) is 13.0 Å². The number of aryl methyl sites for hydroxylation is 2. The number of rotatable bonds is 6. The highest BCUT2D eigenvalue weighted by atomic mass is 16.2. The zero-order valence-corrected chi connectivity index (χ0v) is 17.3. The third kappa shape index (κ3) is 5.48. The van der Waals surface area contributed by atoms with Crippen molar-refractivity contribution in [2.75, 3.05) is 10.6 Å². The molecule has 2 aromatic rings. The van der Waals surface area contributed by atoms with Crippen molar-refractivity contribution in [3.8, 4) is 6.07 Å². The molecular formula is C24H26N4O2. The fourth-order valence-corrected chi connectivity index (χ4v) is 3.51. The number of nitrogens with one attached hydrogen (secondary N) is 3. The van der Waals surface area contributed by atoms with E-state index in [0.29, 0.717) is 11.4 Å². The highest BCUT2D eigenvalue weighted by Gasteiger charge is 2.13. The van der Waals surface area contributed by atoms with Gasteiger partial charge in [0.2, 0.25) is 5.91 Å². The van der Waals surface area contributed by atoms with Gasteiger partial charge in [-0.2, -0.15) is 5.26 Å². The van der Waals surface area contributed by atoms with Crippen LogP contribution < -0.4 is 16.0 Å². The first-order valence-corrected chi connectivity index (χ1v) is 10.1. The van der Waals surface area contributed by atoms with Crippen LogP contribution in [0.5, 0.6) is 0 Å². The molecule has 0 aliphatic heterocycles. The minimum Gasteiger partial charge on any atom is -0.383 e. The summed E-state index contributed by atoms with van der Waals surface area (Å²) in [5.41, 5.74) is 5.13. The number of nitrogens with zero attached hydrogens (tertiary/aromatic N) is 1. The average molecular weight is 402 g/mol. The van der Waals surface area contributed by atoms with E-state index in [0.717, 1.165) is 18.4 Å². The standard InChI is InChI=1S/C24H26N4O2/c1-16(19-8-7-18-5-3-4-6-20(18)13-19)26-15-21(14-25)24(30)28-23-11-9-22(10-12-23)27-17(2)29/h7-13,15-16,26H,3-6H2,1-2H3,(H,27,29)(H,28,30)/b21-15-. The van der Waals surface area contributed by atoms with E-state index in [9.17, 15) is 14.9 Å². The number of carbonyl (C=O) groups excluding carboxylic acids is 2. The molecule has 6 heteroatoms. The molecule has 154 valence electrons. The lowest BCUT2D eigenvalue weighted by atomic mass is 9.89. The van der Waals surface area contributed by atoms with E-state index < -0.39 is 5.91 Å². The number of benzene rings is 2. The summed E-state index contributed by atoms with van der Waals surface area (Å²) < 4.78 is 0. The summed E-state index contributed by atoms with van der Waals surface area (Å²) in [5.74, 6) is -0.657. The molecule has 3 rings (SSSR count). The largest absolute Gasteiger partial charge is 0.383 e. The SMILES string of the molecule is CC(=O)Nc1ccc(NC(=O)/C(C#N)=C\NC(C)c2ccc3c(c2)CCCC3)cc1. The van der Waals surface area contributed by atoms with Crippen LogP contribution in [-0.2, 0) is 22.4 Å². The summed E-state index contributed by atoms with van der Waals surface area (Å²) in [7, 11) is 0. The maximum atomic E-state index is 12.4. The van der Waals surface area contributed by atoms with Gasteiger partial charge in [0.15, 0.2) is 0 Å². The molecule has 2 aromatic carbocycles. The van der Waals surface area contributed by atoms with Gasteiger partial charge >= 0.3 is 0 Å². The fraction of sp³-hybridized carbons (Fsp3) is 0.292. The Morgan fingerprint density at radius 1 is 1.00 bits per heavy atom. The topological polar surface area (TPSA) is 94.0 Å². The van der Waals surface area contributed by atoms with E-state index in [-0.39, 0.29) is 17.5 Å². The van der Waals surface area contributed by atoms with E-state index in [1.54, 1.807) is 24.3 Å². The quantitative estimate of drug-likeness (QED) is 0.498. The van der Waals surface area contributed by atoms with Gasteiger partial charge in [0.05, 0.1) is 0 Å². The normalized spacial score (nSPS) is 14.1. The predicted molar refractivity (Wildman–Crippen MR) is 118 cm³/mol. The predicted octanol–water partition coefficient (Wildman–Crippen LogP) is 4.22. The molecule has 0 fully saturated rings. The summed E-state index contributed by atoms with van der Waals surface area (Å²) in [6.07, 6.45) is 6.19. The van der Waals surface area contributed by atoms with Gasteiger partial charge < -0.3 is 16.0 Å². The Labute approximate surface area is 177 Å². The van der Waals surface area contributed by atoms with Crippen LogP contribution >= 0.6 is 0 Å². The van der Waals surface area contributed by atoms with Crippen LogP contribution in [0.25, 0.3) is 0 Å². The number of hydrogen-bond acceptors (Lipinski definition) is 4. The van der Waals surface area contributed by atoms with Gasteiger partial charge in [0.25, 0.3) is 5.91 Å². The molecule has 3 N–H and O–H groups in total. The summed E-state index contributed by atoms with van der Waals surface area (Å²) in [6.45, 7) is 3.44. The van der Waals surface area contributed by atoms with E-state index >= 15 is 0 Å². The van der Waals surface area contributed by atoms with Crippen molar-refractivity contribution in [3.05, 3.63) is 70.9 Å². The average Bonchev–Trinajstić information content (AvgIpc) is 2.74. The molecule has 2 amide bonds. The molecule has 0 bridgehead atoms. The molecule has 0 radical (unpaired) electrons. The molecule has 0 heterocycles. The van der Waals surface area contributed by atoms with Gasteiger partial charge in [-0.25, -0.2) is 0 Å². The van der Waals surface area contributed by atoms with Crippen molar-refractivity contribution in [1.82, 2.24) is 5.32 Å². The lowest BCUT2D eigenvalue weighted by Gasteiger charge is -2.19. The highest BCUT2D eigenvalue weighted by Crippen LogP contribution is 2.25. The maximum Gasteiger partial charge on any atom is 0.267 e. The fourth-order valence-electron chi connectivity index (χ4n) is 3.51. The van der Waals surface area contributed by atoms with Crippen LogP contribution in [0.4, 0.5) is 11.4 Å². The van der Waals surface area contributed by atoms with Crippen LogP contribution in [0.1, 0.15) is 49.4 Å². The molecule has 1 aliphatic rings. The Hall–Kier alpha value is -3.59. The molecule has 6 nitrogen and oxygen atoms in total. The highest BCUT2D eigenvalue weighted by molar-refractivity contribution is 6.06. The van der Waals surface area contributed by atoms with Gasteiger partial charge in [-0.1, -0.05) is 18.2 Å². The molecule has 0 aromatic heterocycles. The Bertz CT molecular complexity index is 1000. The molecule has 0 saturated heterocycles. The van der Waals surface area contributed by atoms with Crippen molar-refractivity contribution < 1.29 is 9.59 Å². The molecule has 0 spiro atoms. The van der Waals surface area contributed by atoms with Crippen LogP contribution in [0.15, 0.2) is 54.2 Å². The smallest absolute Gasteiger partial charge is 0.267 e. The number of fused-ring (bicyclic) bond motifs is 1. The third-order valence-electron chi connectivity index (χ3n) is 5.18. The third-order valence-corrected chi connectivity index (χ3v) is 5.18. The molecule has 1 atom stereocenters. The van der Waals surface area contributed by atoms with Crippen molar-refractivity contribution >= 4 is 23.2 Å². The molecule has 1 aliphatic carbocycles. The van der Waals surface area contributed by atoms with Gasteiger partial charge in [-0.05, 0) is 73.6 Å². The van der Waals surface area contributed by atoms with Gasteiger partial charge in [-0.15, -0.1) is 0 Å². The summed E-state index contributed by atoms with van der Waals surface area (Å²) >= 11 is 0. The number of anilines is 2. The Kier molecular flexibility index (Phi) is 6.87. The Morgan fingerprint density at radius 3 is 2.27 bits per heavy atom. The second-order valence-electron chi connectivity index (χ2n) is 7.51. The second kappa shape index (κ2) is 9.75. The molecule has 0 saturated carbocycles. The van der Waals surface area contributed by atoms with E-state index in [2.05, 4.69) is 34.1 Å². The lowest BCUT2D eigenvalue weighted by molar-refractivity contribution is -0.114. The van der Waals surface area contributed by atoms with Crippen molar-refractivity contribution in [2.24, 2.45) is 0 Å². The first kappa shape index (κ1) is 21.1. The monoisotopic (exact) mass is 402 g/mol. The minimum atomic E-state index is -0.491. The number of hydrogen-bond donors (Lipinski definition) is 3.